The fourth-order valence-corrected chi connectivity index (χ4v) is 2.41. The standard InChI is InChI=1S/C15H20N2S/c1-10(2)7-13-9-15(18)17(16-13)14-8-11(3)5-6-12(14)4/h5-6,8-10,16H,7H2,1-4H3. The molecule has 0 saturated heterocycles. The van der Waals surface area contributed by atoms with Crippen molar-refractivity contribution in [3.05, 3.63) is 45.7 Å². The number of rotatable bonds is 3. The molecule has 0 aliphatic carbocycles. The number of aryl methyl sites for hydroxylation is 2. The number of aromatic amines is 1. The summed E-state index contributed by atoms with van der Waals surface area (Å²) in [6.07, 6.45) is 1.03. The van der Waals surface area contributed by atoms with Crippen molar-refractivity contribution in [1.29, 1.82) is 0 Å². The van der Waals surface area contributed by atoms with Gasteiger partial charge in [-0.2, -0.15) is 0 Å². The molecule has 0 unspecified atom stereocenters. The van der Waals surface area contributed by atoms with Crippen molar-refractivity contribution in [2.24, 2.45) is 5.92 Å². The van der Waals surface area contributed by atoms with E-state index in [9.17, 15) is 0 Å². The van der Waals surface area contributed by atoms with E-state index in [1.165, 1.54) is 16.8 Å². The minimum Gasteiger partial charge on any atom is -0.297 e. The largest absolute Gasteiger partial charge is 0.297 e. The van der Waals surface area contributed by atoms with Crippen LogP contribution in [0.4, 0.5) is 0 Å². The normalized spacial score (nSPS) is 11.2. The van der Waals surface area contributed by atoms with Gasteiger partial charge in [0, 0.05) is 5.69 Å². The van der Waals surface area contributed by atoms with Crippen LogP contribution in [-0.4, -0.2) is 9.78 Å². The predicted molar refractivity (Wildman–Crippen MR) is 79.0 cm³/mol. The Morgan fingerprint density at radius 3 is 2.61 bits per heavy atom. The molecule has 1 aromatic carbocycles. The molecule has 0 fully saturated rings. The van der Waals surface area contributed by atoms with E-state index in [0.29, 0.717) is 5.92 Å². The molecule has 0 bridgehead atoms. The van der Waals surface area contributed by atoms with Crippen LogP contribution in [0.15, 0.2) is 24.3 Å². The molecular weight excluding hydrogens is 240 g/mol. The molecule has 0 spiro atoms. The van der Waals surface area contributed by atoms with E-state index in [0.717, 1.165) is 16.7 Å². The van der Waals surface area contributed by atoms with Gasteiger partial charge in [-0.3, -0.25) is 5.10 Å². The fourth-order valence-electron chi connectivity index (χ4n) is 2.13. The number of benzene rings is 1. The van der Waals surface area contributed by atoms with Gasteiger partial charge in [-0.05, 0) is 49.4 Å². The van der Waals surface area contributed by atoms with Gasteiger partial charge in [0.2, 0.25) is 0 Å². The van der Waals surface area contributed by atoms with Crippen molar-refractivity contribution in [3.63, 3.8) is 0 Å². The lowest BCUT2D eigenvalue weighted by Gasteiger charge is -2.09. The summed E-state index contributed by atoms with van der Waals surface area (Å²) in [5.41, 5.74) is 4.83. The van der Waals surface area contributed by atoms with Crippen LogP contribution in [0, 0.1) is 24.4 Å². The highest BCUT2D eigenvalue weighted by molar-refractivity contribution is 7.71. The summed E-state index contributed by atoms with van der Waals surface area (Å²) in [5, 5.41) is 3.41. The zero-order valence-corrected chi connectivity index (χ0v) is 12.3. The van der Waals surface area contributed by atoms with Crippen molar-refractivity contribution in [1.82, 2.24) is 9.78 Å². The van der Waals surface area contributed by atoms with Crippen LogP contribution in [0.25, 0.3) is 5.69 Å². The highest BCUT2D eigenvalue weighted by Crippen LogP contribution is 2.17. The Bertz CT molecular complexity index is 605. The zero-order chi connectivity index (χ0) is 13.3. The van der Waals surface area contributed by atoms with Gasteiger partial charge in [-0.1, -0.05) is 38.2 Å². The second-order valence-electron chi connectivity index (χ2n) is 5.34. The van der Waals surface area contributed by atoms with Gasteiger partial charge >= 0.3 is 0 Å². The van der Waals surface area contributed by atoms with E-state index < -0.39 is 0 Å². The lowest BCUT2D eigenvalue weighted by atomic mass is 10.1. The maximum Gasteiger partial charge on any atom is 0.127 e. The highest BCUT2D eigenvalue weighted by atomic mass is 32.1. The quantitative estimate of drug-likeness (QED) is 0.814. The molecule has 0 amide bonds. The first-order valence-corrected chi connectivity index (χ1v) is 6.77. The number of hydrogen-bond donors (Lipinski definition) is 1. The van der Waals surface area contributed by atoms with E-state index in [4.69, 9.17) is 12.2 Å². The van der Waals surface area contributed by atoms with Crippen molar-refractivity contribution in [2.45, 2.75) is 34.1 Å². The summed E-state index contributed by atoms with van der Waals surface area (Å²) in [4.78, 5) is 0. The molecule has 96 valence electrons. The summed E-state index contributed by atoms with van der Waals surface area (Å²) < 4.78 is 2.86. The molecule has 0 aliphatic rings. The second kappa shape index (κ2) is 5.11. The van der Waals surface area contributed by atoms with Crippen LogP contribution in [0.1, 0.15) is 30.7 Å². The summed E-state index contributed by atoms with van der Waals surface area (Å²) in [5.74, 6) is 0.630. The van der Waals surface area contributed by atoms with Gasteiger partial charge in [0.25, 0.3) is 0 Å². The van der Waals surface area contributed by atoms with Crippen LogP contribution < -0.4 is 0 Å². The first-order valence-electron chi connectivity index (χ1n) is 6.36. The van der Waals surface area contributed by atoms with Gasteiger partial charge < -0.3 is 0 Å². The zero-order valence-electron chi connectivity index (χ0n) is 11.4. The minimum atomic E-state index is 0.630. The first-order chi connectivity index (χ1) is 8.47. The molecule has 3 heteroatoms. The summed E-state index contributed by atoms with van der Waals surface area (Å²) in [6, 6.07) is 8.49. The molecule has 1 heterocycles. The number of nitrogens with zero attached hydrogens (tertiary/aromatic N) is 1. The number of hydrogen-bond acceptors (Lipinski definition) is 1. The molecule has 0 radical (unpaired) electrons. The lowest BCUT2D eigenvalue weighted by molar-refractivity contribution is 0.628. The molecule has 18 heavy (non-hydrogen) atoms. The van der Waals surface area contributed by atoms with E-state index in [1.54, 1.807) is 0 Å². The van der Waals surface area contributed by atoms with Gasteiger partial charge in [-0.25, -0.2) is 4.68 Å². The SMILES string of the molecule is Cc1ccc(C)c(-n2[nH]c(CC(C)C)cc2=S)c1. The molecule has 1 N–H and O–H groups in total. The van der Waals surface area contributed by atoms with Crippen LogP contribution in [0.5, 0.6) is 0 Å². The Morgan fingerprint density at radius 1 is 1.22 bits per heavy atom. The van der Waals surface area contributed by atoms with Gasteiger partial charge in [0.1, 0.15) is 4.64 Å². The smallest absolute Gasteiger partial charge is 0.127 e. The number of H-pyrrole nitrogens is 1. The van der Waals surface area contributed by atoms with E-state index in [2.05, 4.69) is 57.1 Å². The molecular formula is C15H20N2S. The van der Waals surface area contributed by atoms with E-state index >= 15 is 0 Å². The average Bonchev–Trinajstić information content (AvgIpc) is 2.62. The Hall–Kier alpha value is -1.35. The Kier molecular flexibility index (Phi) is 3.71. The Morgan fingerprint density at radius 2 is 1.94 bits per heavy atom. The van der Waals surface area contributed by atoms with Crippen LogP contribution in [0.3, 0.4) is 0 Å². The molecule has 2 nitrogen and oxygen atoms in total. The minimum absolute atomic E-state index is 0.630. The molecule has 0 aliphatic heterocycles. The number of aromatic nitrogens is 2. The monoisotopic (exact) mass is 260 g/mol. The maximum atomic E-state index is 5.44. The molecule has 0 saturated carbocycles. The fraction of sp³-hybridized carbons (Fsp3) is 0.400. The molecule has 2 aromatic rings. The lowest BCUT2D eigenvalue weighted by Crippen LogP contribution is -2.02. The van der Waals surface area contributed by atoms with Gasteiger partial charge in [-0.15, -0.1) is 0 Å². The first kappa shape index (κ1) is 13.1. The van der Waals surface area contributed by atoms with Crippen molar-refractivity contribution in [2.75, 3.05) is 0 Å². The third-order valence-corrected chi connectivity index (χ3v) is 3.31. The Labute approximate surface area is 114 Å². The van der Waals surface area contributed by atoms with Crippen LogP contribution >= 0.6 is 12.2 Å². The van der Waals surface area contributed by atoms with Crippen molar-refractivity contribution < 1.29 is 0 Å². The van der Waals surface area contributed by atoms with Crippen molar-refractivity contribution in [3.8, 4) is 5.69 Å². The van der Waals surface area contributed by atoms with E-state index in [-0.39, 0.29) is 0 Å². The maximum absolute atomic E-state index is 5.44. The number of nitrogens with one attached hydrogen (secondary N) is 1. The average molecular weight is 260 g/mol. The van der Waals surface area contributed by atoms with E-state index in [1.807, 2.05) is 4.68 Å². The van der Waals surface area contributed by atoms with Crippen LogP contribution in [-0.2, 0) is 6.42 Å². The van der Waals surface area contributed by atoms with Crippen molar-refractivity contribution >= 4 is 12.2 Å². The van der Waals surface area contributed by atoms with Gasteiger partial charge in [0.15, 0.2) is 0 Å². The second-order valence-corrected chi connectivity index (χ2v) is 5.76. The predicted octanol–water partition coefficient (Wildman–Crippen LogP) is 4.35. The molecule has 0 atom stereocenters. The molecule has 1 aromatic heterocycles. The topological polar surface area (TPSA) is 20.7 Å². The summed E-state index contributed by atoms with van der Waals surface area (Å²) in [6.45, 7) is 8.64. The summed E-state index contributed by atoms with van der Waals surface area (Å²) in [7, 11) is 0. The molecule has 2 rings (SSSR count). The van der Waals surface area contributed by atoms with Gasteiger partial charge in [0.05, 0.1) is 5.69 Å². The highest BCUT2D eigenvalue weighted by Gasteiger charge is 2.07. The van der Waals surface area contributed by atoms with Crippen LogP contribution in [0.2, 0.25) is 0 Å². The summed E-state index contributed by atoms with van der Waals surface area (Å²) >= 11 is 5.44. The third-order valence-electron chi connectivity index (χ3n) is 3.01. The Balaban J connectivity index is 2.47. The third kappa shape index (κ3) is 2.72.